The summed E-state index contributed by atoms with van der Waals surface area (Å²) >= 11 is 7.28. The fraction of sp³-hybridized carbons (Fsp3) is 0.182. The zero-order valence-electron chi connectivity index (χ0n) is 8.57. The number of benzene rings is 1. The standard InChI is InChI=1S/C11H12ClNO2S/c1-8(6-7-13-11(14)15)16-10-4-2-9(12)3-5-10/h2-5,13H,1,6-7H2,(H,14,15). The second-order valence-corrected chi connectivity index (χ2v) is 4.77. The van der Waals surface area contributed by atoms with Gasteiger partial charge in [0.15, 0.2) is 0 Å². The van der Waals surface area contributed by atoms with Crippen LogP contribution in [0.2, 0.25) is 5.02 Å². The van der Waals surface area contributed by atoms with Crippen LogP contribution < -0.4 is 5.32 Å². The molecular formula is C11H12ClNO2S. The van der Waals surface area contributed by atoms with E-state index in [1.54, 1.807) is 0 Å². The van der Waals surface area contributed by atoms with E-state index in [0.717, 1.165) is 9.80 Å². The number of hydrogen-bond donors (Lipinski definition) is 2. The van der Waals surface area contributed by atoms with Gasteiger partial charge in [0.05, 0.1) is 0 Å². The van der Waals surface area contributed by atoms with Crippen LogP contribution in [0, 0.1) is 0 Å². The smallest absolute Gasteiger partial charge is 0.404 e. The summed E-state index contributed by atoms with van der Waals surface area (Å²) in [5.41, 5.74) is 0. The predicted octanol–water partition coefficient (Wildman–Crippen LogP) is 3.60. The molecule has 0 unspecified atom stereocenters. The first-order chi connectivity index (χ1) is 7.58. The number of amides is 1. The number of carboxylic acid groups (broad SMARTS) is 1. The van der Waals surface area contributed by atoms with Gasteiger partial charge in [-0.25, -0.2) is 4.79 Å². The normalized spacial score (nSPS) is 9.81. The summed E-state index contributed by atoms with van der Waals surface area (Å²) in [7, 11) is 0. The van der Waals surface area contributed by atoms with E-state index in [1.165, 1.54) is 11.8 Å². The van der Waals surface area contributed by atoms with E-state index in [2.05, 4.69) is 11.9 Å². The largest absolute Gasteiger partial charge is 0.465 e. The molecule has 1 aromatic carbocycles. The van der Waals surface area contributed by atoms with E-state index in [9.17, 15) is 4.79 Å². The summed E-state index contributed by atoms with van der Waals surface area (Å²) in [6.07, 6.45) is -0.399. The maximum Gasteiger partial charge on any atom is 0.404 e. The van der Waals surface area contributed by atoms with Gasteiger partial charge < -0.3 is 10.4 Å². The zero-order valence-corrected chi connectivity index (χ0v) is 10.1. The van der Waals surface area contributed by atoms with Gasteiger partial charge in [-0.15, -0.1) is 0 Å². The Kier molecular flexibility index (Phi) is 5.22. The predicted molar refractivity (Wildman–Crippen MR) is 67.1 cm³/mol. The highest BCUT2D eigenvalue weighted by Crippen LogP contribution is 2.27. The Morgan fingerprint density at radius 1 is 1.44 bits per heavy atom. The first-order valence-electron chi connectivity index (χ1n) is 4.66. The molecule has 3 nitrogen and oxygen atoms in total. The summed E-state index contributed by atoms with van der Waals surface area (Å²) in [6.45, 7) is 4.25. The third-order valence-electron chi connectivity index (χ3n) is 1.76. The Morgan fingerprint density at radius 3 is 2.62 bits per heavy atom. The van der Waals surface area contributed by atoms with Gasteiger partial charge in [0.2, 0.25) is 0 Å². The molecule has 0 heterocycles. The van der Waals surface area contributed by atoms with Crippen molar-refractivity contribution >= 4 is 29.5 Å². The monoisotopic (exact) mass is 257 g/mol. The van der Waals surface area contributed by atoms with Crippen LogP contribution in [-0.4, -0.2) is 17.7 Å². The third-order valence-corrected chi connectivity index (χ3v) is 3.01. The van der Waals surface area contributed by atoms with Crippen LogP contribution >= 0.6 is 23.4 Å². The van der Waals surface area contributed by atoms with Gasteiger partial charge in [-0.3, -0.25) is 0 Å². The first-order valence-corrected chi connectivity index (χ1v) is 5.85. The van der Waals surface area contributed by atoms with Crippen molar-refractivity contribution in [2.75, 3.05) is 6.54 Å². The van der Waals surface area contributed by atoms with Crippen LogP contribution in [0.25, 0.3) is 0 Å². The molecule has 86 valence electrons. The van der Waals surface area contributed by atoms with E-state index in [1.807, 2.05) is 24.3 Å². The number of thioether (sulfide) groups is 1. The number of rotatable bonds is 5. The summed E-state index contributed by atoms with van der Waals surface area (Å²) in [6, 6.07) is 7.44. The van der Waals surface area contributed by atoms with E-state index < -0.39 is 6.09 Å². The van der Waals surface area contributed by atoms with Gasteiger partial charge in [0.25, 0.3) is 0 Å². The molecule has 1 rings (SSSR count). The second-order valence-electron chi connectivity index (χ2n) is 3.08. The van der Waals surface area contributed by atoms with Gasteiger partial charge in [0, 0.05) is 16.5 Å². The van der Waals surface area contributed by atoms with Crippen LogP contribution in [0.5, 0.6) is 0 Å². The lowest BCUT2D eigenvalue weighted by Crippen LogP contribution is -2.21. The lowest BCUT2D eigenvalue weighted by atomic mass is 10.4. The Bertz CT molecular complexity index is 378. The van der Waals surface area contributed by atoms with E-state index in [0.29, 0.717) is 18.0 Å². The van der Waals surface area contributed by atoms with Crippen molar-refractivity contribution < 1.29 is 9.90 Å². The molecule has 16 heavy (non-hydrogen) atoms. The molecule has 0 atom stereocenters. The Morgan fingerprint density at radius 2 is 2.06 bits per heavy atom. The van der Waals surface area contributed by atoms with Crippen LogP contribution in [0.3, 0.4) is 0 Å². The van der Waals surface area contributed by atoms with Gasteiger partial charge in [0.1, 0.15) is 0 Å². The van der Waals surface area contributed by atoms with Crippen molar-refractivity contribution in [2.45, 2.75) is 11.3 Å². The molecule has 1 aromatic rings. The summed E-state index contributed by atoms with van der Waals surface area (Å²) in [5, 5.41) is 11.4. The fourth-order valence-corrected chi connectivity index (χ4v) is 1.96. The quantitative estimate of drug-likeness (QED) is 0.793. The molecule has 2 N–H and O–H groups in total. The van der Waals surface area contributed by atoms with Crippen LogP contribution in [0.1, 0.15) is 6.42 Å². The molecule has 5 heteroatoms. The molecule has 0 aliphatic heterocycles. The first kappa shape index (κ1) is 12.9. The molecule has 0 fully saturated rings. The maximum atomic E-state index is 10.2. The molecular weight excluding hydrogens is 246 g/mol. The Balaban J connectivity index is 2.34. The average Bonchev–Trinajstić information content (AvgIpc) is 2.21. The highest BCUT2D eigenvalue weighted by Gasteiger charge is 2.00. The van der Waals surface area contributed by atoms with Crippen molar-refractivity contribution in [1.29, 1.82) is 0 Å². The zero-order chi connectivity index (χ0) is 12.0. The number of halogens is 1. The minimum Gasteiger partial charge on any atom is -0.465 e. The molecule has 1 amide bonds. The highest BCUT2D eigenvalue weighted by atomic mass is 35.5. The summed E-state index contributed by atoms with van der Waals surface area (Å²) in [5.74, 6) is 0. The molecule has 0 aromatic heterocycles. The molecule has 0 aliphatic rings. The van der Waals surface area contributed by atoms with E-state index in [4.69, 9.17) is 16.7 Å². The van der Waals surface area contributed by atoms with Gasteiger partial charge in [-0.05, 0) is 35.6 Å². The second kappa shape index (κ2) is 6.45. The van der Waals surface area contributed by atoms with E-state index in [-0.39, 0.29) is 0 Å². The van der Waals surface area contributed by atoms with Crippen molar-refractivity contribution in [1.82, 2.24) is 5.32 Å². The van der Waals surface area contributed by atoms with Gasteiger partial charge in [-0.1, -0.05) is 29.9 Å². The number of hydrogen-bond acceptors (Lipinski definition) is 2. The molecule has 0 saturated heterocycles. The number of nitrogens with one attached hydrogen (secondary N) is 1. The van der Waals surface area contributed by atoms with Gasteiger partial charge >= 0.3 is 6.09 Å². The fourth-order valence-electron chi connectivity index (χ4n) is 1.03. The molecule has 0 bridgehead atoms. The SMILES string of the molecule is C=C(CCNC(=O)O)Sc1ccc(Cl)cc1. The lowest BCUT2D eigenvalue weighted by molar-refractivity contribution is 0.194. The Labute approximate surface area is 103 Å². The molecule has 0 aliphatic carbocycles. The third kappa shape index (κ3) is 5.09. The van der Waals surface area contributed by atoms with Crippen LogP contribution in [0.15, 0.2) is 40.6 Å². The van der Waals surface area contributed by atoms with E-state index >= 15 is 0 Å². The number of carbonyl (C=O) groups is 1. The van der Waals surface area contributed by atoms with Gasteiger partial charge in [-0.2, -0.15) is 0 Å². The van der Waals surface area contributed by atoms with Crippen LogP contribution in [-0.2, 0) is 0 Å². The average molecular weight is 258 g/mol. The minimum atomic E-state index is -1.01. The topological polar surface area (TPSA) is 49.3 Å². The lowest BCUT2D eigenvalue weighted by Gasteiger charge is -2.05. The highest BCUT2D eigenvalue weighted by molar-refractivity contribution is 8.03. The maximum absolute atomic E-state index is 10.2. The Hall–Kier alpha value is -1.13. The van der Waals surface area contributed by atoms with Crippen LogP contribution in [0.4, 0.5) is 4.79 Å². The van der Waals surface area contributed by atoms with Crippen molar-refractivity contribution in [3.63, 3.8) is 0 Å². The molecule has 0 spiro atoms. The molecule has 0 saturated carbocycles. The van der Waals surface area contributed by atoms with Crippen molar-refractivity contribution in [3.8, 4) is 0 Å². The van der Waals surface area contributed by atoms with Crippen molar-refractivity contribution in [2.24, 2.45) is 0 Å². The summed E-state index contributed by atoms with van der Waals surface area (Å²) < 4.78 is 0. The van der Waals surface area contributed by atoms with Crippen molar-refractivity contribution in [3.05, 3.63) is 40.8 Å². The minimum absolute atomic E-state index is 0.384. The molecule has 0 radical (unpaired) electrons. The summed E-state index contributed by atoms with van der Waals surface area (Å²) in [4.78, 5) is 12.2.